The highest BCUT2D eigenvalue weighted by Gasteiger charge is 2.13. The molecule has 4 rings (SSSR count). The standard InChI is InChI=1S/C25H23ClN2O2/c1-3-28-23-14-11-19(27-25(29)21-7-5-6-8-22(21)26)15-18(23)16-24(28)17-9-12-20(13-10-17)30-4-2/h5-16H,3-4H2,1-2H3,(H,27,29). The molecule has 0 saturated carbocycles. The monoisotopic (exact) mass is 418 g/mol. The first-order valence-electron chi connectivity index (χ1n) is 10.0. The fraction of sp³-hybridized carbons (Fsp3) is 0.160. The van der Waals surface area contributed by atoms with Crippen LogP contribution in [0.15, 0.2) is 72.8 Å². The summed E-state index contributed by atoms with van der Waals surface area (Å²) < 4.78 is 7.82. The number of nitrogens with zero attached hydrogens (tertiary/aromatic N) is 1. The van der Waals surface area contributed by atoms with Gasteiger partial charge in [-0.25, -0.2) is 0 Å². The Kier molecular flexibility index (Phi) is 5.77. The van der Waals surface area contributed by atoms with Gasteiger partial charge in [0.1, 0.15) is 5.75 Å². The van der Waals surface area contributed by atoms with Crippen LogP contribution in [0.2, 0.25) is 5.02 Å². The molecule has 4 aromatic rings. The third kappa shape index (κ3) is 3.91. The number of halogens is 1. The van der Waals surface area contributed by atoms with Crippen LogP contribution < -0.4 is 10.1 Å². The predicted octanol–water partition coefficient (Wildman–Crippen LogP) is 6.63. The molecule has 1 N–H and O–H groups in total. The summed E-state index contributed by atoms with van der Waals surface area (Å²) in [6.07, 6.45) is 0. The van der Waals surface area contributed by atoms with Crippen molar-refractivity contribution in [2.45, 2.75) is 20.4 Å². The summed E-state index contributed by atoms with van der Waals surface area (Å²) in [5.74, 6) is 0.645. The van der Waals surface area contributed by atoms with Gasteiger partial charge in [0.2, 0.25) is 0 Å². The van der Waals surface area contributed by atoms with Gasteiger partial charge in [-0.15, -0.1) is 0 Å². The fourth-order valence-corrected chi connectivity index (χ4v) is 3.88. The van der Waals surface area contributed by atoms with Crippen molar-refractivity contribution in [2.75, 3.05) is 11.9 Å². The molecule has 1 heterocycles. The maximum absolute atomic E-state index is 12.6. The van der Waals surface area contributed by atoms with Gasteiger partial charge in [-0.05, 0) is 80.1 Å². The molecule has 0 bridgehead atoms. The number of aromatic nitrogens is 1. The number of benzene rings is 3. The number of ether oxygens (including phenoxy) is 1. The van der Waals surface area contributed by atoms with E-state index < -0.39 is 0 Å². The first kappa shape index (κ1) is 20.0. The second kappa shape index (κ2) is 8.64. The number of hydrogen-bond donors (Lipinski definition) is 1. The molecule has 1 amide bonds. The Morgan fingerprint density at radius 1 is 1.00 bits per heavy atom. The molecule has 4 nitrogen and oxygen atoms in total. The molecule has 0 spiro atoms. The molecule has 30 heavy (non-hydrogen) atoms. The second-order valence-corrected chi connectivity index (χ2v) is 7.35. The Balaban J connectivity index is 1.66. The van der Waals surface area contributed by atoms with Gasteiger partial charge < -0.3 is 14.6 Å². The van der Waals surface area contributed by atoms with Crippen LogP contribution in [0.4, 0.5) is 5.69 Å². The Hall–Kier alpha value is -3.24. The van der Waals surface area contributed by atoms with Crippen LogP contribution in [0, 0.1) is 0 Å². The zero-order valence-corrected chi connectivity index (χ0v) is 17.7. The van der Waals surface area contributed by atoms with E-state index in [1.807, 2.05) is 37.3 Å². The number of hydrogen-bond acceptors (Lipinski definition) is 2. The molecular weight excluding hydrogens is 396 g/mol. The highest BCUT2D eigenvalue weighted by Crippen LogP contribution is 2.31. The molecule has 0 aliphatic rings. The van der Waals surface area contributed by atoms with Crippen molar-refractivity contribution in [3.05, 3.63) is 83.4 Å². The first-order chi connectivity index (χ1) is 14.6. The van der Waals surface area contributed by atoms with E-state index in [1.54, 1.807) is 24.3 Å². The van der Waals surface area contributed by atoms with Gasteiger partial charge >= 0.3 is 0 Å². The van der Waals surface area contributed by atoms with E-state index in [4.69, 9.17) is 16.3 Å². The van der Waals surface area contributed by atoms with Crippen molar-refractivity contribution in [3.8, 4) is 17.0 Å². The Morgan fingerprint density at radius 2 is 1.77 bits per heavy atom. The molecule has 1 aromatic heterocycles. The quantitative estimate of drug-likeness (QED) is 0.381. The van der Waals surface area contributed by atoms with Gasteiger partial charge in [-0.3, -0.25) is 4.79 Å². The second-order valence-electron chi connectivity index (χ2n) is 6.94. The number of nitrogens with one attached hydrogen (secondary N) is 1. The molecule has 0 aliphatic heterocycles. The lowest BCUT2D eigenvalue weighted by Crippen LogP contribution is -2.12. The van der Waals surface area contributed by atoms with E-state index in [0.29, 0.717) is 17.2 Å². The molecule has 152 valence electrons. The number of fused-ring (bicyclic) bond motifs is 1. The zero-order chi connectivity index (χ0) is 21.1. The van der Waals surface area contributed by atoms with Gasteiger partial charge in [0.25, 0.3) is 5.91 Å². The topological polar surface area (TPSA) is 43.3 Å². The van der Waals surface area contributed by atoms with Gasteiger partial charge in [0.15, 0.2) is 0 Å². The fourth-order valence-electron chi connectivity index (χ4n) is 3.66. The van der Waals surface area contributed by atoms with Gasteiger partial charge in [-0.2, -0.15) is 0 Å². The first-order valence-corrected chi connectivity index (χ1v) is 10.4. The third-order valence-electron chi connectivity index (χ3n) is 5.06. The lowest BCUT2D eigenvalue weighted by Gasteiger charge is -2.10. The molecule has 0 radical (unpaired) electrons. The van der Waals surface area contributed by atoms with Crippen molar-refractivity contribution in [1.29, 1.82) is 0 Å². The number of aryl methyl sites for hydroxylation is 1. The zero-order valence-electron chi connectivity index (χ0n) is 17.0. The molecule has 0 saturated heterocycles. The lowest BCUT2D eigenvalue weighted by atomic mass is 10.1. The summed E-state index contributed by atoms with van der Waals surface area (Å²) in [6.45, 7) is 5.60. The maximum atomic E-state index is 12.6. The SMILES string of the molecule is CCOc1ccc(-c2cc3cc(NC(=O)c4ccccc4Cl)ccc3n2CC)cc1. The van der Waals surface area contributed by atoms with Crippen molar-refractivity contribution in [1.82, 2.24) is 4.57 Å². The maximum Gasteiger partial charge on any atom is 0.257 e. The van der Waals surface area contributed by atoms with Gasteiger partial charge in [0.05, 0.1) is 17.2 Å². The highest BCUT2D eigenvalue weighted by molar-refractivity contribution is 6.34. The average molecular weight is 419 g/mol. The summed E-state index contributed by atoms with van der Waals surface area (Å²) in [5, 5.41) is 4.45. The molecule has 0 unspecified atom stereocenters. The molecule has 0 aliphatic carbocycles. The van der Waals surface area contributed by atoms with Crippen LogP contribution in [0.3, 0.4) is 0 Å². The third-order valence-corrected chi connectivity index (χ3v) is 5.38. The molecule has 0 atom stereocenters. The molecule has 3 aromatic carbocycles. The van der Waals surface area contributed by atoms with Gasteiger partial charge in [0, 0.05) is 28.8 Å². The summed E-state index contributed by atoms with van der Waals surface area (Å²) in [4.78, 5) is 12.6. The van der Waals surface area contributed by atoms with Crippen molar-refractivity contribution >= 4 is 34.1 Å². The summed E-state index contributed by atoms with van der Waals surface area (Å²) in [6, 6.07) is 23.3. The summed E-state index contributed by atoms with van der Waals surface area (Å²) >= 11 is 6.15. The largest absolute Gasteiger partial charge is 0.494 e. The van der Waals surface area contributed by atoms with E-state index in [1.165, 1.54) is 0 Å². The smallest absolute Gasteiger partial charge is 0.257 e. The minimum Gasteiger partial charge on any atom is -0.494 e. The van der Waals surface area contributed by atoms with Gasteiger partial charge in [-0.1, -0.05) is 23.7 Å². The van der Waals surface area contributed by atoms with E-state index in [2.05, 4.69) is 35.0 Å². The molecule has 0 fully saturated rings. The lowest BCUT2D eigenvalue weighted by molar-refractivity contribution is 0.102. The highest BCUT2D eigenvalue weighted by atomic mass is 35.5. The van der Waals surface area contributed by atoms with E-state index >= 15 is 0 Å². The number of carbonyl (C=O) groups is 1. The minimum absolute atomic E-state index is 0.221. The Bertz CT molecular complexity index is 1200. The normalized spacial score (nSPS) is 10.9. The van der Waals surface area contributed by atoms with E-state index in [0.717, 1.165) is 40.1 Å². The van der Waals surface area contributed by atoms with Crippen LogP contribution in [0.1, 0.15) is 24.2 Å². The van der Waals surface area contributed by atoms with Crippen molar-refractivity contribution in [2.24, 2.45) is 0 Å². The Labute approximate surface area is 181 Å². The van der Waals surface area contributed by atoms with Crippen molar-refractivity contribution < 1.29 is 9.53 Å². The minimum atomic E-state index is -0.221. The number of carbonyl (C=O) groups excluding carboxylic acids is 1. The van der Waals surface area contributed by atoms with E-state index in [-0.39, 0.29) is 5.91 Å². The number of rotatable bonds is 6. The molecule has 5 heteroatoms. The van der Waals surface area contributed by atoms with Crippen LogP contribution >= 0.6 is 11.6 Å². The van der Waals surface area contributed by atoms with Crippen LogP contribution in [0.25, 0.3) is 22.2 Å². The number of anilines is 1. The summed E-state index contributed by atoms with van der Waals surface area (Å²) in [5.41, 5.74) is 4.57. The predicted molar refractivity (Wildman–Crippen MR) is 124 cm³/mol. The van der Waals surface area contributed by atoms with Crippen LogP contribution in [-0.4, -0.2) is 17.1 Å². The van der Waals surface area contributed by atoms with E-state index in [9.17, 15) is 4.79 Å². The Morgan fingerprint density at radius 3 is 2.47 bits per heavy atom. The number of amides is 1. The van der Waals surface area contributed by atoms with Crippen LogP contribution in [-0.2, 0) is 6.54 Å². The summed E-state index contributed by atoms with van der Waals surface area (Å²) in [7, 11) is 0. The van der Waals surface area contributed by atoms with Crippen LogP contribution in [0.5, 0.6) is 5.75 Å². The average Bonchev–Trinajstić information content (AvgIpc) is 3.12. The van der Waals surface area contributed by atoms with Crippen molar-refractivity contribution in [3.63, 3.8) is 0 Å². The molecular formula is C25H23ClN2O2.